The number of carbonyl (C=O) groups is 1. The fourth-order valence-corrected chi connectivity index (χ4v) is 2.44. The van der Waals surface area contributed by atoms with Crippen molar-refractivity contribution in [3.05, 3.63) is 35.6 Å². The molecule has 5 heteroatoms. The van der Waals surface area contributed by atoms with Crippen LogP contribution in [0.25, 0.3) is 0 Å². The summed E-state index contributed by atoms with van der Waals surface area (Å²) in [6, 6.07) is 6.09. The first-order valence-electron chi connectivity index (χ1n) is 7.15. The van der Waals surface area contributed by atoms with Crippen LogP contribution in [0.1, 0.15) is 31.2 Å². The first-order valence-corrected chi connectivity index (χ1v) is 7.15. The molecule has 0 atom stereocenters. The van der Waals surface area contributed by atoms with E-state index in [1.54, 1.807) is 12.1 Å². The third kappa shape index (κ3) is 5.09. The van der Waals surface area contributed by atoms with E-state index >= 15 is 0 Å². The van der Waals surface area contributed by atoms with Gasteiger partial charge in [0, 0.05) is 0 Å². The molecule has 0 aliphatic carbocycles. The molecule has 0 spiro atoms. The smallest absolute Gasteiger partial charge is 0.295 e. The van der Waals surface area contributed by atoms with Crippen molar-refractivity contribution in [1.82, 2.24) is 5.43 Å². The normalized spacial score (nSPS) is 17.1. The summed E-state index contributed by atoms with van der Waals surface area (Å²) in [6.45, 7) is 2.57. The lowest BCUT2D eigenvalue weighted by Crippen LogP contribution is -3.13. The first-order chi connectivity index (χ1) is 9.74. The highest BCUT2D eigenvalue weighted by Gasteiger charge is 2.15. The van der Waals surface area contributed by atoms with E-state index in [-0.39, 0.29) is 11.7 Å². The Balaban J connectivity index is 1.76. The van der Waals surface area contributed by atoms with E-state index in [2.05, 4.69) is 10.5 Å². The number of hydrogen-bond acceptors (Lipinski definition) is 2. The lowest BCUT2D eigenvalue weighted by Gasteiger charge is -2.15. The number of likely N-dealkylation sites (tertiary alicyclic amines) is 1. The van der Waals surface area contributed by atoms with Gasteiger partial charge in [-0.25, -0.2) is 9.82 Å². The SMILES string of the molecule is O=C(C[NH+]1CCCCCC1)N/N=C\c1cccc(F)c1. The summed E-state index contributed by atoms with van der Waals surface area (Å²) in [5.41, 5.74) is 3.14. The summed E-state index contributed by atoms with van der Waals surface area (Å²) in [5.74, 6) is -0.399. The fraction of sp³-hybridized carbons (Fsp3) is 0.467. The molecule has 1 aliphatic rings. The van der Waals surface area contributed by atoms with Crippen molar-refractivity contribution in [2.75, 3.05) is 19.6 Å². The number of rotatable bonds is 4. The molecule has 2 rings (SSSR count). The van der Waals surface area contributed by atoms with Crippen LogP contribution in [0.5, 0.6) is 0 Å². The second-order valence-electron chi connectivity index (χ2n) is 5.19. The summed E-state index contributed by atoms with van der Waals surface area (Å²) in [6.07, 6.45) is 6.37. The number of amides is 1. The monoisotopic (exact) mass is 278 g/mol. The highest BCUT2D eigenvalue weighted by Crippen LogP contribution is 2.00. The number of halogens is 1. The maximum Gasteiger partial charge on any atom is 0.295 e. The van der Waals surface area contributed by atoms with Gasteiger partial charge in [-0.15, -0.1) is 0 Å². The fourth-order valence-electron chi connectivity index (χ4n) is 2.44. The minimum atomic E-state index is -0.311. The van der Waals surface area contributed by atoms with Crippen molar-refractivity contribution in [2.45, 2.75) is 25.7 Å². The molecule has 0 aromatic heterocycles. The number of carbonyl (C=O) groups excluding carboxylic acids is 1. The molecule has 1 amide bonds. The topological polar surface area (TPSA) is 45.9 Å². The number of hydrazone groups is 1. The molecule has 0 bridgehead atoms. The summed E-state index contributed by atoms with van der Waals surface area (Å²) in [5, 5.41) is 3.87. The predicted octanol–water partition coefficient (Wildman–Crippen LogP) is 0.735. The Kier molecular flexibility index (Phi) is 5.68. The van der Waals surface area contributed by atoms with Crippen molar-refractivity contribution < 1.29 is 14.1 Å². The van der Waals surface area contributed by atoms with Gasteiger partial charge in [-0.05, 0) is 43.4 Å². The molecular formula is C15H21FN3O+. The van der Waals surface area contributed by atoms with Gasteiger partial charge in [0.15, 0.2) is 6.54 Å². The van der Waals surface area contributed by atoms with Crippen LogP contribution in [0.15, 0.2) is 29.4 Å². The largest absolute Gasteiger partial charge is 0.327 e. The second-order valence-corrected chi connectivity index (χ2v) is 5.19. The standard InChI is InChI=1S/C15H20FN3O/c16-14-7-5-6-13(10-14)11-17-18-15(20)12-19-8-3-1-2-4-9-19/h5-7,10-11H,1-4,8-9,12H2,(H,18,20)/p+1/b17-11-. The van der Waals surface area contributed by atoms with Gasteiger partial charge in [-0.3, -0.25) is 4.79 Å². The Hall–Kier alpha value is -1.75. The van der Waals surface area contributed by atoms with E-state index in [4.69, 9.17) is 0 Å². The van der Waals surface area contributed by atoms with Gasteiger partial charge in [-0.2, -0.15) is 5.10 Å². The second kappa shape index (κ2) is 7.75. The quantitative estimate of drug-likeness (QED) is 0.619. The number of quaternary nitrogens is 1. The molecule has 0 saturated carbocycles. The zero-order valence-electron chi connectivity index (χ0n) is 11.6. The molecule has 108 valence electrons. The van der Waals surface area contributed by atoms with Gasteiger partial charge >= 0.3 is 0 Å². The predicted molar refractivity (Wildman–Crippen MR) is 76.2 cm³/mol. The third-order valence-corrected chi connectivity index (χ3v) is 3.47. The zero-order valence-corrected chi connectivity index (χ0v) is 11.6. The van der Waals surface area contributed by atoms with Gasteiger partial charge in [0.1, 0.15) is 5.82 Å². The maximum atomic E-state index is 12.9. The van der Waals surface area contributed by atoms with Gasteiger partial charge in [0.05, 0.1) is 19.3 Å². The van der Waals surface area contributed by atoms with Crippen LogP contribution in [0, 0.1) is 5.82 Å². The lowest BCUT2D eigenvalue weighted by molar-refractivity contribution is -0.891. The highest BCUT2D eigenvalue weighted by atomic mass is 19.1. The zero-order chi connectivity index (χ0) is 14.2. The van der Waals surface area contributed by atoms with Crippen LogP contribution in [0.4, 0.5) is 4.39 Å². The number of benzene rings is 1. The molecule has 1 fully saturated rings. The molecule has 1 aromatic carbocycles. The molecule has 2 N–H and O–H groups in total. The molecule has 4 nitrogen and oxygen atoms in total. The Labute approximate surface area is 118 Å². The van der Waals surface area contributed by atoms with Crippen LogP contribution < -0.4 is 10.3 Å². The minimum Gasteiger partial charge on any atom is -0.327 e. The van der Waals surface area contributed by atoms with Gasteiger partial charge in [0.25, 0.3) is 5.91 Å². The van der Waals surface area contributed by atoms with Gasteiger partial charge in [0.2, 0.25) is 0 Å². The number of nitrogens with zero attached hydrogens (tertiary/aromatic N) is 1. The van der Waals surface area contributed by atoms with E-state index < -0.39 is 0 Å². The van der Waals surface area contributed by atoms with Crippen molar-refractivity contribution in [3.8, 4) is 0 Å². The van der Waals surface area contributed by atoms with E-state index in [9.17, 15) is 9.18 Å². The van der Waals surface area contributed by atoms with Crippen molar-refractivity contribution in [3.63, 3.8) is 0 Å². The third-order valence-electron chi connectivity index (χ3n) is 3.47. The van der Waals surface area contributed by atoms with Crippen molar-refractivity contribution >= 4 is 12.1 Å². The van der Waals surface area contributed by atoms with Crippen LogP contribution >= 0.6 is 0 Å². The summed E-state index contributed by atoms with van der Waals surface area (Å²) in [4.78, 5) is 13.1. The summed E-state index contributed by atoms with van der Waals surface area (Å²) in [7, 11) is 0. The van der Waals surface area contributed by atoms with Crippen LogP contribution in [-0.2, 0) is 4.79 Å². The van der Waals surface area contributed by atoms with Crippen LogP contribution in [0.3, 0.4) is 0 Å². The Morgan fingerprint density at radius 3 is 2.75 bits per heavy atom. The highest BCUT2D eigenvalue weighted by molar-refractivity contribution is 5.82. The van der Waals surface area contributed by atoms with Crippen molar-refractivity contribution in [2.24, 2.45) is 5.10 Å². The first kappa shape index (κ1) is 14.7. The molecule has 1 saturated heterocycles. The summed E-state index contributed by atoms with van der Waals surface area (Å²) < 4.78 is 12.9. The molecule has 1 heterocycles. The molecule has 0 radical (unpaired) electrons. The molecule has 1 aromatic rings. The van der Waals surface area contributed by atoms with Crippen LogP contribution in [0.2, 0.25) is 0 Å². The van der Waals surface area contributed by atoms with E-state index in [0.29, 0.717) is 12.1 Å². The van der Waals surface area contributed by atoms with E-state index in [1.165, 1.54) is 48.9 Å². The Morgan fingerprint density at radius 2 is 2.05 bits per heavy atom. The molecule has 20 heavy (non-hydrogen) atoms. The van der Waals surface area contributed by atoms with E-state index in [0.717, 1.165) is 13.1 Å². The van der Waals surface area contributed by atoms with Crippen molar-refractivity contribution in [1.29, 1.82) is 0 Å². The molecule has 0 unspecified atom stereocenters. The number of hydrogen-bond donors (Lipinski definition) is 2. The lowest BCUT2D eigenvalue weighted by atomic mass is 10.2. The average Bonchev–Trinajstić information content (AvgIpc) is 2.67. The maximum absolute atomic E-state index is 12.9. The Bertz CT molecular complexity index is 468. The van der Waals surface area contributed by atoms with Gasteiger partial charge in [-0.1, -0.05) is 12.1 Å². The summed E-state index contributed by atoms with van der Waals surface area (Å²) >= 11 is 0. The van der Waals surface area contributed by atoms with Crippen LogP contribution in [-0.4, -0.2) is 31.8 Å². The average molecular weight is 278 g/mol. The molecule has 1 aliphatic heterocycles. The van der Waals surface area contributed by atoms with Gasteiger partial charge < -0.3 is 4.90 Å². The minimum absolute atomic E-state index is 0.0884. The Morgan fingerprint density at radius 1 is 1.30 bits per heavy atom. The molecular weight excluding hydrogens is 257 g/mol. The van der Waals surface area contributed by atoms with E-state index in [1.807, 2.05) is 0 Å². The number of nitrogens with one attached hydrogen (secondary N) is 2.